The lowest BCUT2D eigenvalue weighted by atomic mass is 10.2. The van der Waals surface area contributed by atoms with Gasteiger partial charge in [0.05, 0.1) is 19.0 Å². The van der Waals surface area contributed by atoms with Crippen LogP contribution in [-0.2, 0) is 21.2 Å². The van der Waals surface area contributed by atoms with Gasteiger partial charge >= 0.3 is 0 Å². The largest absolute Gasteiger partial charge is 0.379 e. The molecule has 1 fully saturated rings. The molecule has 0 amide bonds. The zero-order chi connectivity index (χ0) is 15.1. The van der Waals surface area contributed by atoms with Crippen molar-refractivity contribution in [1.82, 2.24) is 9.21 Å². The summed E-state index contributed by atoms with van der Waals surface area (Å²) in [5, 5.41) is 0. The fourth-order valence-electron chi connectivity index (χ4n) is 2.29. The molecule has 1 aromatic carbocycles. The van der Waals surface area contributed by atoms with Crippen LogP contribution in [0.15, 0.2) is 30.3 Å². The molecular weight excluding hydrogens is 288 g/mol. The van der Waals surface area contributed by atoms with Gasteiger partial charge in [-0.05, 0) is 12.0 Å². The number of hydrogen-bond acceptors (Lipinski definition) is 4. The lowest BCUT2D eigenvalue weighted by molar-refractivity contribution is 0.0368. The molecule has 0 bridgehead atoms. The van der Waals surface area contributed by atoms with Crippen molar-refractivity contribution in [3.8, 4) is 0 Å². The van der Waals surface area contributed by atoms with E-state index in [4.69, 9.17) is 4.74 Å². The predicted octanol–water partition coefficient (Wildman–Crippen LogP) is 0.823. The Kier molecular flexibility index (Phi) is 6.17. The molecule has 1 aromatic rings. The first-order valence-corrected chi connectivity index (χ1v) is 8.97. The summed E-state index contributed by atoms with van der Waals surface area (Å²) < 4.78 is 31.3. The minimum absolute atomic E-state index is 0.163. The molecule has 0 aromatic heterocycles. The van der Waals surface area contributed by atoms with E-state index in [1.54, 1.807) is 7.05 Å². The van der Waals surface area contributed by atoms with E-state index in [0.29, 0.717) is 13.0 Å². The fraction of sp³-hybridized carbons (Fsp3) is 0.600. The molecule has 2 rings (SSSR count). The number of likely N-dealkylation sites (N-methyl/N-ethyl adjacent to an activating group) is 1. The summed E-state index contributed by atoms with van der Waals surface area (Å²) in [6, 6.07) is 9.73. The van der Waals surface area contributed by atoms with E-state index in [0.717, 1.165) is 38.4 Å². The molecule has 0 radical (unpaired) electrons. The Hall–Kier alpha value is -0.950. The van der Waals surface area contributed by atoms with Gasteiger partial charge < -0.3 is 4.74 Å². The van der Waals surface area contributed by atoms with E-state index in [9.17, 15) is 8.42 Å². The highest BCUT2D eigenvalue weighted by molar-refractivity contribution is 7.89. The molecule has 0 saturated carbocycles. The molecule has 1 aliphatic rings. The van der Waals surface area contributed by atoms with Gasteiger partial charge in [-0.25, -0.2) is 12.7 Å². The Morgan fingerprint density at radius 2 is 1.86 bits per heavy atom. The maximum atomic E-state index is 12.3. The van der Waals surface area contributed by atoms with E-state index in [-0.39, 0.29) is 5.75 Å². The zero-order valence-corrected chi connectivity index (χ0v) is 13.4. The third-order valence-corrected chi connectivity index (χ3v) is 5.65. The van der Waals surface area contributed by atoms with E-state index in [2.05, 4.69) is 4.90 Å². The standard InChI is InChI=1S/C15H24N2O3S/c1-16(8-9-17-10-12-20-13-11-17)21(18,19)14-7-15-5-3-2-4-6-15/h2-6H,7-14H2,1H3. The van der Waals surface area contributed by atoms with Crippen LogP contribution >= 0.6 is 0 Å². The number of hydrogen-bond donors (Lipinski definition) is 0. The molecular formula is C15H24N2O3S. The second-order valence-electron chi connectivity index (χ2n) is 5.33. The molecule has 1 heterocycles. The number of sulfonamides is 1. The van der Waals surface area contributed by atoms with Gasteiger partial charge in [0.25, 0.3) is 0 Å². The third kappa shape index (κ3) is 5.39. The fourth-order valence-corrected chi connectivity index (χ4v) is 3.46. The van der Waals surface area contributed by atoms with Crippen molar-refractivity contribution in [2.45, 2.75) is 6.42 Å². The second kappa shape index (κ2) is 7.89. The number of ether oxygens (including phenoxy) is 1. The van der Waals surface area contributed by atoms with Crippen LogP contribution in [-0.4, -0.2) is 69.8 Å². The van der Waals surface area contributed by atoms with Gasteiger partial charge in [0.2, 0.25) is 10.0 Å². The van der Waals surface area contributed by atoms with Gasteiger partial charge in [-0.1, -0.05) is 30.3 Å². The van der Waals surface area contributed by atoms with E-state index in [1.165, 1.54) is 4.31 Å². The molecule has 0 unspecified atom stereocenters. The molecule has 0 atom stereocenters. The van der Waals surface area contributed by atoms with Crippen LogP contribution in [0.3, 0.4) is 0 Å². The van der Waals surface area contributed by atoms with Crippen molar-refractivity contribution >= 4 is 10.0 Å². The van der Waals surface area contributed by atoms with Crippen molar-refractivity contribution in [1.29, 1.82) is 0 Å². The second-order valence-corrected chi connectivity index (χ2v) is 7.52. The van der Waals surface area contributed by atoms with Crippen LogP contribution in [0.1, 0.15) is 5.56 Å². The van der Waals surface area contributed by atoms with Gasteiger partial charge in [0, 0.05) is 33.2 Å². The highest BCUT2D eigenvalue weighted by atomic mass is 32.2. The maximum absolute atomic E-state index is 12.3. The molecule has 0 N–H and O–H groups in total. The smallest absolute Gasteiger partial charge is 0.214 e. The molecule has 1 aliphatic heterocycles. The van der Waals surface area contributed by atoms with Crippen molar-refractivity contribution in [2.24, 2.45) is 0 Å². The maximum Gasteiger partial charge on any atom is 0.214 e. The summed E-state index contributed by atoms with van der Waals surface area (Å²) in [5.74, 6) is 0.163. The number of benzene rings is 1. The topological polar surface area (TPSA) is 49.9 Å². The van der Waals surface area contributed by atoms with Crippen LogP contribution < -0.4 is 0 Å². The summed E-state index contributed by atoms with van der Waals surface area (Å²) in [7, 11) is -1.52. The van der Waals surface area contributed by atoms with Crippen molar-refractivity contribution in [3.63, 3.8) is 0 Å². The summed E-state index contributed by atoms with van der Waals surface area (Å²) in [4.78, 5) is 2.24. The van der Waals surface area contributed by atoms with E-state index < -0.39 is 10.0 Å². The highest BCUT2D eigenvalue weighted by Gasteiger charge is 2.19. The summed E-state index contributed by atoms with van der Waals surface area (Å²) in [5.41, 5.74) is 1.06. The molecule has 0 aliphatic carbocycles. The number of nitrogens with zero attached hydrogens (tertiary/aromatic N) is 2. The molecule has 0 spiro atoms. The quantitative estimate of drug-likeness (QED) is 0.748. The van der Waals surface area contributed by atoms with Crippen LogP contribution in [0.25, 0.3) is 0 Å². The zero-order valence-electron chi connectivity index (χ0n) is 12.6. The van der Waals surface area contributed by atoms with Crippen molar-refractivity contribution in [2.75, 3.05) is 52.2 Å². The van der Waals surface area contributed by atoms with Gasteiger partial charge in [-0.15, -0.1) is 0 Å². The van der Waals surface area contributed by atoms with Gasteiger partial charge in [-0.3, -0.25) is 4.90 Å². The van der Waals surface area contributed by atoms with Crippen molar-refractivity contribution in [3.05, 3.63) is 35.9 Å². The molecule has 118 valence electrons. The van der Waals surface area contributed by atoms with E-state index in [1.807, 2.05) is 30.3 Å². The minimum Gasteiger partial charge on any atom is -0.379 e. The molecule has 6 heteroatoms. The number of rotatable bonds is 7. The van der Waals surface area contributed by atoms with Crippen molar-refractivity contribution < 1.29 is 13.2 Å². The molecule has 1 saturated heterocycles. The van der Waals surface area contributed by atoms with Crippen LogP contribution in [0, 0.1) is 0 Å². The van der Waals surface area contributed by atoms with E-state index >= 15 is 0 Å². The average Bonchev–Trinajstić information content (AvgIpc) is 2.52. The minimum atomic E-state index is -3.18. The van der Waals surface area contributed by atoms with Gasteiger partial charge in [-0.2, -0.15) is 0 Å². The first-order chi connectivity index (χ1) is 10.1. The highest BCUT2D eigenvalue weighted by Crippen LogP contribution is 2.06. The molecule has 5 nitrogen and oxygen atoms in total. The van der Waals surface area contributed by atoms with Crippen LogP contribution in [0.4, 0.5) is 0 Å². The normalized spacial score (nSPS) is 17.2. The SMILES string of the molecule is CN(CCN1CCOCC1)S(=O)(=O)CCc1ccccc1. The first-order valence-electron chi connectivity index (χ1n) is 7.36. The number of aryl methyl sites for hydroxylation is 1. The van der Waals surface area contributed by atoms with Crippen LogP contribution in [0.2, 0.25) is 0 Å². The average molecular weight is 312 g/mol. The summed E-state index contributed by atoms with van der Waals surface area (Å²) in [6.07, 6.45) is 0.561. The lowest BCUT2D eigenvalue weighted by Gasteiger charge is -2.28. The van der Waals surface area contributed by atoms with Gasteiger partial charge in [0.15, 0.2) is 0 Å². The Morgan fingerprint density at radius 1 is 1.19 bits per heavy atom. The Bertz CT molecular complexity index is 513. The molecule has 21 heavy (non-hydrogen) atoms. The Labute approximate surface area is 127 Å². The predicted molar refractivity (Wildman–Crippen MR) is 83.8 cm³/mol. The summed E-state index contributed by atoms with van der Waals surface area (Å²) in [6.45, 7) is 4.56. The Morgan fingerprint density at radius 3 is 2.52 bits per heavy atom. The van der Waals surface area contributed by atoms with Crippen LogP contribution in [0.5, 0.6) is 0 Å². The monoisotopic (exact) mass is 312 g/mol. The number of morpholine rings is 1. The van der Waals surface area contributed by atoms with Gasteiger partial charge in [0.1, 0.15) is 0 Å². The Balaban J connectivity index is 1.78. The third-order valence-electron chi connectivity index (χ3n) is 3.80. The lowest BCUT2D eigenvalue weighted by Crippen LogP contribution is -2.42. The summed E-state index contributed by atoms with van der Waals surface area (Å²) >= 11 is 0. The first kappa shape index (κ1) is 16.4.